The zero-order valence-electron chi connectivity index (χ0n) is 12.5. The molecule has 0 aliphatic carbocycles. The third kappa shape index (κ3) is 3.89. The van der Waals surface area contributed by atoms with Crippen LogP contribution in [0, 0.1) is 0 Å². The van der Waals surface area contributed by atoms with Crippen LogP contribution in [0.2, 0.25) is 5.02 Å². The van der Waals surface area contributed by atoms with E-state index in [9.17, 15) is 5.11 Å². The van der Waals surface area contributed by atoms with Crippen molar-refractivity contribution in [3.05, 3.63) is 28.8 Å². The second-order valence-electron chi connectivity index (χ2n) is 6.12. The van der Waals surface area contributed by atoms with E-state index in [4.69, 9.17) is 16.3 Å². The van der Waals surface area contributed by atoms with Crippen LogP contribution in [0.1, 0.15) is 70.5 Å². The molecule has 1 heterocycles. The number of fused-ring (bicyclic) bond motifs is 1. The molecule has 2 atom stereocenters. The van der Waals surface area contributed by atoms with E-state index in [1.807, 2.05) is 18.2 Å². The molecule has 112 valence electrons. The number of benzene rings is 1. The Balaban J connectivity index is 1.96. The van der Waals surface area contributed by atoms with E-state index in [0.717, 1.165) is 24.2 Å². The fourth-order valence-electron chi connectivity index (χ4n) is 2.95. The van der Waals surface area contributed by atoms with Gasteiger partial charge in [0, 0.05) is 17.0 Å². The lowest BCUT2D eigenvalue weighted by Gasteiger charge is -2.38. The average Bonchev–Trinajstić information content (AvgIpc) is 2.39. The number of ether oxygens (including phenoxy) is 1. The Hall–Kier alpha value is -0.730. The molecule has 0 amide bonds. The average molecular weight is 297 g/mol. The van der Waals surface area contributed by atoms with Crippen LogP contribution in [0.5, 0.6) is 5.75 Å². The highest BCUT2D eigenvalue weighted by Gasteiger charge is 2.36. The van der Waals surface area contributed by atoms with Gasteiger partial charge in [0.1, 0.15) is 11.4 Å². The predicted molar refractivity (Wildman–Crippen MR) is 83.4 cm³/mol. The summed E-state index contributed by atoms with van der Waals surface area (Å²) in [5.74, 6) is 0.782. The molecule has 2 unspecified atom stereocenters. The molecule has 0 saturated carbocycles. The monoisotopic (exact) mass is 296 g/mol. The number of unbranched alkanes of at least 4 members (excludes halogenated alkanes) is 4. The first kappa shape index (κ1) is 15.7. The van der Waals surface area contributed by atoms with E-state index in [0.29, 0.717) is 11.4 Å². The maximum atomic E-state index is 10.3. The molecule has 1 aliphatic rings. The smallest absolute Gasteiger partial charge is 0.126 e. The molecule has 2 nitrogen and oxygen atoms in total. The molecule has 0 spiro atoms. The Morgan fingerprint density at radius 2 is 2.05 bits per heavy atom. The van der Waals surface area contributed by atoms with E-state index >= 15 is 0 Å². The third-order valence-corrected chi connectivity index (χ3v) is 4.36. The SMILES string of the molecule is CCCCCCCC1(C)CC(O)c2cc(Cl)ccc2O1. The first-order valence-corrected chi connectivity index (χ1v) is 8.08. The summed E-state index contributed by atoms with van der Waals surface area (Å²) in [6.07, 6.45) is 7.44. The summed E-state index contributed by atoms with van der Waals surface area (Å²) < 4.78 is 6.13. The van der Waals surface area contributed by atoms with Crippen LogP contribution in [-0.4, -0.2) is 10.7 Å². The van der Waals surface area contributed by atoms with Crippen molar-refractivity contribution >= 4 is 11.6 Å². The predicted octanol–water partition coefficient (Wildman–Crippen LogP) is 5.28. The number of rotatable bonds is 6. The van der Waals surface area contributed by atoms with Crippen molar-refractivity contribution in [3.63, 3.8) is 0 Å². The van der Waals surface area contributed by atoms with Gasteiger partial charge in [-0.2, -0.15) is 0 Å². The Labute approximate surface area is 127 Å². The van der Waals surface area contributed by atoms with Crippen LogP contribution < -0.4 is 4.74 Å². The molecule has 1 aliphatic heterocycles. The highest BCUT2D eigenvalue weighted by atomic mass is 35.5. The van der Waals surface area contributed by atoms with Gasteiger partial charge in [-0.05, 0) is 38.0 Å². The summed E-state index contributed by atoms with van der Waals surface area (Å²) in [5.41, 5.74) is 0.563. The molecule has 1 aromatic carbocycles. The minimum absolute atomic E-state index is 0.257. The van der Waals surface area contributed by atoms with Crippen LogP contribution in [-0.2, 0) is 0 Å². The van der Waals surface area contributed by atoms with Crippen molar-refractivity contribution in [2.75, 3.05) is 0 Å². The minimum atomic E-state index is -0.474. The summed E-state index contributed by atoms with van der Waals surface area (Å²) in [5, 5.41) is 11.0. The van der Waals surface area contributed by atoms with E-state index in [1.165, 1.54) is 25.7 Å². The van der Waals surface area contributed by atoms with E-state index < -0.39 is 6.10 Å². The van der Waals surface area contributed by atoms with Gasteiger partial charge in [0.2, 0.25) is 0 Å². The lowest BCUT2D eigenvalue weighted by Crippen LogP contribution is -2.38. The molecule has 20 heavy (non-hydrogen) atoms. The zero-order valence-corrected chi connectivity index (χ0v) is 13.2. The van der Waals surface area contributed by atoms with Crippen LogP contribution in [0.15, 0.2) is 18.2 Å². The molecule has 0 saturated heterocycles. The van der Waals surface area contributed by atoms with E-state index in [-0.39, 0.29) is 5.60 Å². The summed E-state index contributed by atoms with van der Waals surface area (Å²) >= 11 is 5.98. The fourth-order valence-corrected chi connectivity index (χ4v) is 3.13. The number of hydrogen-bond donors (Lipinski definition) is 1. The second-order valence-corrected chi connectivity index (χ2v) is 6.55. The quantitative estimate of drug-likeness (QED) is 0.724. The van der Waals surface area contributed by atoms with Crippen LogP contribution in [0.4, 0.5) is 0 Å². The molecule has 0 fully saturated rings. The van der Waals surface area contributed by atoms with Crippen LogP contribution >= 0.6 is 11.6 Å². The van der Waals surface area contributed by atoms with Gasteiger partial charge < -0.3 is 9.84 Å². The van der Waals surface area contributed by atoms with Gasteiger partial charge in [0.05, 0.1) is 6.10 Å². The maximum Gasteiger partial charge on any atom is 0.126 e. The summed E-state index contributed by atoms with van der Waals surface area (Å²) in [7, 11) is 0. The molecule has 3 heteroatoms. The standard InChI is InChI=1S/C17H25ClO2/c1-3-4-5-6-7-10-17(2)12-15(19)14-11-13(18)8-9-16(14)20-17/h8-9,11,15,19H,3-7,10,12H2,1-2H3. The Bertz CT molecular complexity index is 447. The van der Waals surface area contributed by atoms with Gasteiger partial charge in [-0.25, -0.2) is 0 Å². The van der Waals surface area contributed by atoms with Crippen molar-refractivity contribution in [2.24, 2.45) is 0 Å². The number of aliphatic hydroxyl groups excluding tert-OH is 1. The highest BCUT2D eigenvalue weighted by Crippen LogP contribution is 2.42. The molecule has 0 radical (unpaired) electrons. The summed E-state index contributed by atoms with van der Waals surface area (Å²) in [4.78, 5) is 0. The fraction of sp³-hybridized carbons (Fsp3) is 0.647. The van der Waals surface area contributed by atoms with Crippen molar-refractivity contribution in [2.45, 2.75) is 70.5 Å². The molecule has 0 aromatic heterocycles. The normalized spacial score (nSPS) is 25.1. The van der Waals surface area contributed by atoms with Gasteiger partial charge in [-0.1, -0.05) is 44.2 Å². The molecule has 1 aromatic rings. The first-order chi connectivity index (χ1) is 9.54. The second kappa shape index (κ2) is 6.82. The molecular formula is C17H25ClO2. The molecular weight excluding hydrogens is 272 g/mol. The highest BCUT2D eigenvalue weighted by molar-refractivity contribution is 6.30. The van der Waals surface area contributed by atoms with Crippen molar-refractivity contribution < 1.29 is 9.84 Å². The van der Waals surface area contributed by atoms with Gasteiger partial charge >= 0.3 is 0 Å². The van der Waals surface area contributed by atoms with Crippen molar-refractivity contribution in [1.29, 1.82) is 0 Å². The number of hydrogen-bond acceptors (Lipinski definition) is 2. The van der Waals surface area contributed by atoms with E-state index in [1.54, 1.807) is 0 Å². The Kier molecular flexibility index (Phi) is 5.34. The van der Waals surface area contributed by atoms with Gasteiger partial charge in [0.25, 0.3) is 0 Å². The largest absolute Gasteiger partial charge is 0.487 e. The third-order valence-electron chi connectivity index (χ3n) is 4.12. The number of halogens is 1. The number of aliphatic hydroxyl groups is 1. The lowest BCUT2D eigenvalue weighted by molar-refractivity contribution is -0.00848. The van der Waals surface area contributed by atoms with Crippen molar-refractivity contribution in [3.8, 4) is 5.75 Å². The zero-order chi connectivity index (χ0) is 14.6. The minimum Gasteiger partial charge on any atom is -0.487 e. The lowest BCUT2D eigenvalue weighted by atomic mass is 9.86. The summed E-state index contributed by atoms with van der Waals surface area (Å²) in [6, 6.07) is 5.50. The van der Waals surface area contributed by atoms with Crippen molar-refractivity contribution in [1.82, 2.24) is 0 Å². The molecule has 0 bridgehead atoms. The van der Waals surface area contributed by atoms with Crippen LogP contribution in [0.3, 0.4) is 0 Å². The Morgan fingerprint density at radius 1 is 1.30 bits per heavy atom. The molecule has 2 rings (SSSR count). The van der Waals surface area contributed by atoms with Gasteiger partial charge in [-0.3, -0.25) is 0 Å². The van der Waals surface area contributed by atoms with Gasteiger partial charge in [-0.15, -0.1) is 0 Å². The Morgan fingerprint density at radius 3 is 2.80 bits per heavy atom. The van der Waals surface area contributed by atoms with Crippen LogP contribution in [0.25, 0.3) is 0 Å². The topological polar surface area (TPSA) is 29.5 Å². The summed E-state index contributed by atoms with van der Waals surface area (Å²) in [6.45, 7) is 4.33. The maximum absolute atomic E-state index is 10.3. The van der Waals surface area contributed by atoms with Gasteiger partial charge in [0.15, 0.2) is 0 Å². The molecule has 1 N–H and O–H groups in total. The first-order valence-electron chi connectivity index (χ1n) is 7.70. The van der Waals surface area contributed by atoms with E-state index in [2.05, 4.69) is 13.8 Å².